The molecule has 73 valence electrons. The Labute approximate surface area is 111 Å². The molecular formula is C10H10Cl2NZr. The number of aryl methyl sites for hydroxylation is 2. The van der Waals surface area contributed by atoms with Crippen LogP contribution in [-0.2, 0) is 24.7 Å². The molecule has 0 bridgehead atoms. The summed E-state index contributed by atoms with van der Waals surface area (Å²) in [6.45, 7) is 4.36. The predicted octanol–water partition coefficient (Wildman–Crippen LogP) is -4.04. The topological polar surface area (TPSA) is 15.8 Å². The molecule has 0 spiro atoms. The van der Waals surface area contributed by atoms with Crippen molar-refractivity contribution in [2.24, 2.45) is 0 Å². The largest absolute Gasteiger partial charge is 1.00 e. The minimum atomic E-state index is 0. The average molecular weight is 306 g/mol. The van der Waals surface area contributed by atoms with E-state index in [0.717, 1.165) is 0 Å². The van der Waals surface area contributed by atoms with Crippen molar-refractivity contribution in [2.75, 3.05) is 0 Å². The van der Waals surface area contributed by atoms with E-state index >= 15 is 0 Å². The molecule has 1 nitrogen and oxygen atoms in total. The first-order valence-corrected chi connectivity index (χ1v) is 5.22. The number of aromatic nitrogens is 1. The summed E-state index contributed by atoms with van der Waals surface area (Å²) in [5.74, 6) is 0. The van der Waals surface area contributed by atoms with Gasteiger partial charge in [-0.3, -0.25) is 0 Å². The minimum absolute atomic E-state index is 0. The van der Waals surface area contributed by atoms with Crippen LogP contribution < -0.4 is 28.2 Å². The van der Waals surface area contributed by atoms with E-state index in [4.69, 9.17) is 0 Å². The molecular weight excluding hydrogens is 296 g/mol. The van der Waals surface area contributed by atoms with Gasteiger partial charge in [0.25, 0.3) is 0 Å². The molecule has 0 radical (unpaired) electrons. The van der Waals surface area contributed by atoms with Crippen LogP contribution in [0.2, 0.25) is 0 Å². The van der Waals surface area contributed by atoms with Gasteiger partial charge in [-0.05, 0) is 0 Å². The molecule has 0 aliphatic rings. The molecule has 1 N–H and O–H groups in total. The molecule has 0 aliphatic carbocycles. The maximum Gasteiger partial charge on any atom is -1.00 e. The second kappa shape index (κ2) is 5.35. The van der Waals surface area contributed by atoms with E-state index in [1.54, 1.807) is 0 Å². The Kier molecular flexibility index (Phi) is 5.43. The number of nitrogens with one attached hydrogen (secondary N) is 1. The molecule has 1 heterocycles. The van der Waals surface area contributed by atoms with E-state index < -0.39 is 0 Å². The Hall–Kier alpha value is 0.223. The summed E-state index contributed by atoms with van der Waals surface area (Å²) in [6, 6.07) is 6.41. The summed E-state index contributed by atoms with van der Waals surface area (Å²) in [5, 5.41) is 1.41. The monoisotopic (exact) mass is 304 g/mol. The summed E-state index contributed by atoms with van der Waals surface area (Å²) in [6.07, 6.45) is 0. The van der Waals surface area contributed by atoms with Gasteiger partial charge < -0.3 is 24.8 Å². The van der Waals surface area contributed by atoms with E-state index in [-0.39, 0.29) is 24.8 Å². The third kappa shape index (κ3) is 2.24. The molecule has 4 heteroatoms. The standard InChI is InChI=1S/C10H10N.2ClH.Zr/c1-7-4-3-5-9-10(7)8(2)6-11-9;;;/h3-5,11H,1-2H3;2*1H;/q;;;+2/p-2. The Morgan fingerprint density at radius 3 is 2.36 bits per heavy atom. The predicted molar refractivity (Wildman–Crippen MR) is 47.4 cm³/mol. The van der Waals surface area contributed by atoms with Crippen molar-refractivity contribution in [3.63, 3.8) is 0 Å². The van der Waals surface area contributed by atoms with Crippen LogP contribution in [0.25, 0.3) is 10.9 Å². The number of benzene rings is 1. The quantitative estimate of drug-likeness (QED) is 0.510. The molecule has 0 aliphatic heterocycles. The van der Waals surface area contributed by atoms with Gasteiger partial charge in [0, 0.05) is 0 Å². The van der Waals surface area contributed by atoms with Crippen LogP contribution in [0.15, 0.2) is 18.2 Å². The normalized spacial score (nSPS) is 9.43. The first kappa shape index (κ1) is 14.2. The molecule has 0 saturated heterocycles. The van der Waals surface area contributed by atoms with E-state index in [9.17, 15) is 0 Å². The molecule has 0 atom stereocenters. The first-order chi connectivity index (χ1) is 5.70. The van der Waals surface area contributed by atoms with Crippen molar-refractivity contribution in [3.8, 4) is 0 Å². The van der Waals surface area contributed by atoms with Gasteiger partial charge >= 0.3 is 87.2 Å². The Balaban J connectivity index is 0.000000845. The van der Waals surface area contributed by atoms with Gasteiger partial charge in [0.15, 0.2) is 0 Å². The zero-order valence-electron chi connectivity index (χ0n) is 7.99. The molecule has 1 aromatic heterocycles. The Morgan fingerprint density at radius 2 is 1.79 bits per heavy atom. The van der Waals surface area contributed by atoms with Crippen molar-refractivity contribution >= 4 is 14.3 Å². The number of aromatic amines is 1. The van der Waals surface area contributed by atoms with Crippen LogP contribution >= 0.6 is 0 Å². The molecule has 0 saturated carbocycles. The van der Waals surface area contributed by atoms with Gasteiger partial charge in [0.05, 0.1) is 0 Å². The number of fused-ring (bicyclic) bond motifs is 1. The molecule has 0 amide bonds. The van der Waals surface area contributed by atoms with Crippen molar-refractivity contribution in [1.82, 2.24) is 4.98 Å². The number of H-pyrrole nitrogens is 1. The fraction of sp³-hybridized carbons (Fsp3) is 0.200. The summed E-state index contributed by atoms with van der Waals surface area (Å²) < 4.78 is 1.37. The maximum atomic E-state index is 3.41. The Bertz CT molecular complexity index is 437. The number of halogens is 2. The number of hydrogen-bond acceptors (Lipinski definition) is 0. The van der Waals surface area contributed by atoms with Crippen LogP contribution in [0.4, 0.5) is 0 Å². The van der Waals surface area contributed by atoms with E-state index in [2.05, 4.69) is 37.0 Å². The second-order valence-corrected chi connectivity index (χ2v) is 4.35. The van der Waals surface area contributed by atoms with Gasteiger partial charge in [0.1, 0.15) is 0 Å². The van der Waals surface area contributed by atoms with Crippen LogP contribution in [0.3, 0.4) is 0 Å². The SMILES string of the molecule is Cc1cccc2[nH][c]([Zr+2])c(C)c12.[Cl-].[Cl-]. The van der Waals surface area contributed by atoms with E-state index in [1.807, 2.05) is 0 Å². The average Bonchev–Trinajstić information content (AvgIpc) is 2.29. The number of hydrogen-bond donors (Lipinski definition) is 1. The van der Waals surface area contributed by atoms with Crippen molar-refractivity contribution in [2.45, 2.75) is 13.8 Å². The van der Waals surface area contributed by atoms with Gasteiger partial charge in [-0.1, -0.05) is 0 Å². The summed E-state index contributed by atoms with van der Waals surface area (Å²) >= 11 is 1.46. The van der Waals surface area contributed by atoms with Gasteiger partial charge in [-0.25, -0.2) is 0 Å². The van der Waals surface area contributed by atoms with Gasteiger partial charge in [0.2, 0.25) is 0 Å². The summed E-state index contributed by atoms with van der Waals surface area (Å²) in [4.78, 5) is 3.41. The van der Waals surface area contributed by atoms with Crippen LogP contribution in [0.1, 0.15) is 11.1 Å². The smallest absolute Gasteiger partial charge is 1.00 e. The van der Waals surface area contributed by atoms with Crippen LogP contribution in [-0.4, -0.2) is 4.98 Å². The summed E-state index contributed by atoms with van der Waals surface area (Å²) in [7, 11) is 0. The maximum absolute atomic E-state index is 3.41. The molecule has 1 aromatic carbocycles. The van der Waals surface area contributed by atoms with Gasteiger partial charge in [-0.2, -0.15) is 0 Å². The molecule has 14 heavy (non-hydrogen) atoms. The third-order valence-corrected chi connectivity index (χ3v) is 3.51. The summed E-state index contributed by atoms with van der Waals surface area (Å²) in [5.41, 5.74) is 4.07. The van der Waals surface area contributed by atoms with Crippen molar-refractivity contribution < 1.29 is 49.5 Å². The second-order valence-electron chi connectivity index (χ2n) is 3.12. The van der Waals surface area contributed by atoms with E-state index in [0.29, 0.717) is 0 Å². The van der Waals surface area contributed by atoms with Crippen LogP contribution in [0.5, 0.6) is 0 Å². The molecule has 0 unspecified atom stereocenters. The molecule has 2 aromatic rings. The fourth-order valence-corrected chi connectivity index (χ4v) is 2.26. The number of rotatable bonds is 0. The molecule has 2 rings (SSSR count). The zero-order valence-corrected chi connectivity index (χ0v) is 12.0. The fourth-order valence-electron chi connectivity index (χ4n) is 1.62. The minimum Gasteiger partial charge on any atom is -1.00 e. The van der Waals surface area contributed by atoms with Crippen LogP contribution in [0, 0.1) is 13.8 Å². The van der Waals surface area contributed by atoms with E-state index in [1.165, 1.54) is 50.2 Å². The molecule has 0 fully saturated rings. The van der Waals surface area contributed by atoms with Crippen molar-refractivity contribution in [1.29, 1.82) is 0 Å². The van der Waals surface area contributed by atoms with Gasteiger partial charge in [-0.15, -0.1) is 0 Å². The Morgan fingerprint density at radius 1 is 1.14 bits per heavy atom. The third-order valence-electron chi connectivity index (χ3n) is 2.28. The zero-order chi connectivity index (χ0) is 8.72. The first-order valence-electron chi connectivity index (χ1n) is 3.99. The van der Waals surface area contributed by atoms with Crippen molar-refractivity contribution in [3.05, 3.63) is 29.3 Å².